The summed E-state index contributed by atoms with van der Waals surface area (Å²) in [6.07, 6.45) is 4.67. The molecule has 1 unspecified atom stereocenters. The van der Waals surface area contributed by atoms with Crippen LogP contribution in [0.2, 0.25) is 0 Å². The molecular formula is C20H29N3O2. The molecule has 3 rings (SSSR count). The lowest BCUT2D eigenvalue weighted by molar-refractivity contribution is -0.134. The number of hydrogen-bond donors (Lipinski definition) is 1. The maximum absolute atomic E-state index is 12.4. The van der Waals surface area contributed by atoms with E-state index >= 15 is 0 Å². The molecule has 1 saturated carbocycles. The minimum Gasteiger partial charge on any atom is -0.352 e. The van der Waals surface area contributed by atoms with Crippen LogP contribution in [0.1, 0.15) is 38.2 Å². The number of nitrogens with one attached hydrogen (secondary N) is 1. The van der Waals surface area contributed by atoms with E-state index in [1.165, 1.54) is 5.56 Å². The van der Waals surface area contributed by atoms with Crippen molar-refractivity contribution in [2.75, 3.05) is 26.2 Å². The number of hydrogen-bond acceptors (Lipinski definition) is 3. The van der Waals surface area contributed by atoms with E-state index in [1.54, 1.807) is 0 Å². The van der Waals surface area contributed by atoms with Crippen molar-refractivity contribution >= 4 is 11.8 Å². The third-order valence-corrected chi connectivity index (χ3v) is 5.22. The van der Waals surface area contributed by atoms with Crippen LogP contribution in [0, 0.1) is 0 Å². The fraction of sp³-hybridized carbons (Fsp3) is 0.600. The van der Waals surface area contributed by atoms with Gasteiger partial charge >= 0.3 is 0 Å². The first kappa shape index (κ1) is 17.9. The van der Waals surface area contributed by atoms with Gasteiger partial charge in [0.05, 0.1) is 6.04 Å². The highest BCUT2D eigenvalue weighted by Crippen LogP contribution is 2.19. The van der Waals surface area contributed by atoms with E-state index in [2.05, 4.69) is 22.3 Å². The number of carbonyl (C=O) groups is 2. The van der Waals surface area contributed by atoms with Crippen LogP contribution in [-0.2, 0) is 16.0 Å². The number of carbonyl (C=O) groups excluding carboxylic acids is 2. The molecule has 1 aromatic carbocycles. The lowest BCUT2D eigenvalue weighted by Crippen LogP contribution is -2.55. The second-order valence-electron chi connectivity index (χ2n) is 7.21. The van der Waals surface area contributed by atoms with E-state index in [1.807, 2.05) is 30.0 Å². The zero-order valence-corrected chi connectivity index (χ0v) is 15.1. The molecule has 25 heavy (non-hydrogen) atoms. The number of rotatable bonds is 7. The Labute approximate surface area is 150 Å². The molecular weight excluding hydrogens is 314 g/mol. The summed E-state index contributed by atoms with van der Waals surface area (Å²) in [5.41, 5.74) is 1.29. The molecule has 0 bridgehead atoms. The molecule has 1 aliphatic heterocycles. The van der Waals surface area contributed by atoms with E-state index < -0.39 is 0 Å². The summed E-state index contributed by atoms with van der Waals surface area (Å²) < 4.78 is 0. The Morgan fingerprint density at radius 1 is 1.12 bits per heavy atom. The largest absolute Gasteiger partial charge is 0.352 e. The SMILES string of the molecule is CC(C(=O)NC1CC1)N1CCN(C(=O)CCCc2ccccc2)CC1. The van der Waals surface area contributed by atoms with Crippen LogP contribution in [0.5, 0.6) is 0 Å². The van der Waals surface area contributed by atoms with E-state index in [0.29, 0.717) is 12.5 Å². The first-order valence-electron chi connectivity index (χ1n) is 9.49. The number of amides is 2. The average molecular weight is 343 g/mol. The highest BCUT2D eigenvalue weighted by molar-refractivity contribution is 5.82. The first-order valence-corrected chi connectivity index (χ1v) is 9.49. The fourth-order valence-electron chi connectivity index (χ4n) is 3.32. The zero-order valence-electron chi connectivity index (χ0n) is 15.1. The highest BCUT2D eigenvalue weighted by Gasteiger charge is 2.30. The van der Waals surface area contributed by atoms with Crippen LogP contribution in [0.4, 0.5) is 0 Å². The van der Waals surface area contributed by atoms with Crippen LogP contribution in [0.25, 0.3) is 0 Å². The van der Waals surface area contributed by atoms with Crippen molar-refractivity contribution in [3.8, 4) is 0 Å². The van der Waals surface area contributed by atoms with Crippen molar-refractivity contribution < 1.29 is 9.59 Å². The quantitative estimate of drug-likeness (QED) is 0.822. The van der Waals surface area contributed by atoms with Gasteiger partial charge in [0.15, 0.2) is 0 Å². The molecule has 5 nitrogen and oxygen atoms in total. The third-order valence-electron chi connectivity index (χ3n) is 5.22. The molecule has 136 valence electrons. The maximum Gasteiger partial charge on any atom is 0.237 e. The number of nitrogens with zero attached hydrogens (tertiary/aromatic N) is 2. The fourth-order valence-corrected chi connectivity index (χ4v) is 3.32. The normalized spacial score (nSPS) is 19.5. The van der Waals surface area contributed by atoms with E-state index in [0.717, 1.165) is 51.9 Å². The van der Waals surface area contributed by atoms with E-state index in [-0.39, 0.29) is 17.9 Å². The van der Waals surface area contributed by atoms with Gasteiger partial charge in [-0.3, -0.25) is 14.5 Å². The summed E-state index contributed by atoms with van der Waals surface area (Å²) in [6, 6.07) is 10.6. The molecule has 1 saturated heterocycles. The average Bonchev–Trinajstić information content (AvgIpc) is 3.46. The minimum absolute atomic E-state index is 0.101. The van der Waals surface area contributed by atoms with Gasteiger partial charge in [0.2, 0.25) is 11.8 Å². The highest BCUT2D eigenvalue weighted by atomic mass is 16.2. The summed E-state index contributed by atoms with van der Waals surface area (Å²) in [5.74, 6) is 0.371. The van der Waals surface area contributed by atoms with Crippen molar-refractivity contribution in [3.63, 3.8) is 0 Å². The third kappa shape index (κ3) is 5.30. The molecule has 2 amide bonds. The molecule has 1 heterocycles. The molecule has 0 radical (unpaired) electrons. The molecule has 2 fully saturated rings. The van der Waals surface area contributed by atoms with Gasteiger partial charge in [-0.15, -0.1) is 0 Å². The zero-order chi connectivity index (χ0) is 17.6. The van der Waals surface area contributed by atoms with Crippen LogP contribution >= 0.6 is 0 Å². The Hall–Kier alpha value is -1.88. The van der Waals surface area contributed by atoms with Gasteiger partial charge in [-0.2, -0.15) is 0 Å². The van der Waals surface area contributed by atoms with Gasteiger partial charge in [0.25, 0.3) is 0 Å². The molecule has 0 aromatic heterocycles. The number of piperazine rings is 1. The molecule has 2 aliphatic rings. The summed E-state index contributed by atoms with van der Waals surface area (Å²) in [4.78, 5) is 28.7. The summed E-state index contributed by atoms with van der Waals surface area (Å²) in [7, 11) is 0. The minimum atomic E-state index is -0.101. The van der Waals surface area contributed by atoms with Gasteiger partial charge in [-0.1, -0.05) is 30.3 Å². The monoisotopic (exact) mass is 343 g/mol. The summed E-state index contributed by atoms with van der Waals surface area (Å²) >= 11 is 0. The van der Waals surface area contributed by atoms with Crippen molar-refractivity contribution in [2.24, 2.45) is 0 Å². The first-order chi connectivity index (χ1) is 12.1. The van der Waals surface area contributed by atoms with E-state index in [4.69, 9.17) is 0 Å². The molecule has 5 heteroatoms. The molecule has 1 atom stereocenters. The van der Waals surface area contributed by atoms with Gasteiger partial charge in [-0.25, -0.2) is 0 Å². The number of aryl methyl sites for hydroxylation is 1. The van der Waals surface area contributed by atoms with Crippen molar-refractivity contribution in [3.05, 3.63) is 35.9 Å². The Morgan fingerprint density at radius 3 is 2.44 bits per heavy atom. The molecule has 0 spiro atoms. The Balaban J connectivity index is 1.36. The smallest absolute Gasteiger partial charge is 0.237 e. The van der Waals surface area contributed by atoms with Crippen molar-refractivity contribution in [2.45, 2.75) is 51.1 Å². The Bertz CT molecular complexity index is 578. The second kappa shape index (κ2) is 8.48. The van der Waals surface area contributed by atoms with Crippen LogP contribution < -0.4 is 5.32 Å². The van der Waals surface area contributed by atoms with E-state index in [9.17, 15) is 9.59 Å². The standard InChI is InChI=1S/C20H29N3O2/c1-16(20(25)21-18-10-11-18)22-12-14-23(15-13-22)19(24)9-5-8-17-6-3-2-4-7-17/h2-4,6-7,16,18H,5,8-15H2,1H3,(H,21,25). The lowest BCUT2D eigenvalue weighted by atomic mass is 10.1. The maximum atomic E-state index is 12.4. The predicted molar refractivity (Wildman–Crippen MR) is 98.2 cm³/mol. The van der Waals surface area contributed by atoms with Gasteiger partial charge in [0, 0.05) is 38.6 Å². The lowest BCUT2D eigenvalue weighted by Gasteiger charge is -2.37. The predicted octanol–water partition coefficient (Wildman–Crippen LogP) is 1.82. The topological polar surface area (TPSA) is 52.7 Å². The summed E-state index contributed by atoms with van der Waals surface area (Å²) in [6.45, 7) is 4.98. The molecule has 1 aliphatic carbocycles. The molecule has 1 N–H and O–H groups in total. The van der Waals surface area contributed by atoms with Gasteiger partial charge in [0.1, 0.15) is 0 Å². The Morgan fingerprint density at radius 2 is 1.80 bits per heavy atom. The Kier molecular flexibility index (Phi) is 6.08. The van der Waals surface area contributed by atoms with Crippen LogP contribution in [0.3, 0.4) is 0 Å². The second-order valence-corrected chi connectivity index (χ2v) is 7.21. The summed E-state index contributed by atoms with van der Waals surface area (Å²) in [5, 5.41) is 3.07. The number of benzene rings is 1. The van der Waals surface area contributed by atoms with Gasteiger partial charge in [-0.05, 0) is 38.2 Å². The van der Waals surface area contributed by atoms with Gasteiger partial charge < -0.3 is 10.2 Å². The van der Waals surface area contributed by atoms with Crippen molar-refractivity contribution in [1.29, 1.82) is 0 Å². The molecule has 1 aromatic rings. The van der Waals surface area contributed by atoms with Crippen LogP contribution in [-0.4, -0.2) is 59.9 Å². The van der Waals surface area contributed by atoms with Crippen molar-refractivity contribution in [1.82, 2.24) is 15.1 Å². The van der Waals surface area contributed by atoms with Crippen LogP contribution in [0.15, 0.2) is 30.3 Å².